The molecule has 0 saturated carbocycles. The zero-order valence-corrected chi connectivity index (χ0v) is 23.9. The van der Waals surface area contributed by atoms with Crippen LogP contribution in [0.3, 0.4) is 0 Å². The summed E-state index contributed by atoms with van der Waals surface area (Å²) in [6.07, 6.45) is 0. The van der Waals surface area contributed by atoms with Gasteiger partial charge in [-0.05, 0) is 49.9 Å². The SMILES string of the molecule is c1ccc(-c2nc(-c3ccccc3)nc(-c3ccc(-c4ccc(-c5cccc6ccccc56)cc4)c4ccccc34)n2)cc1. The Kier molecular flexibility index (Phi) is 6.47. The fraction of sp³-hybridized carbons (Fsp3) is 0. The normalized spacial score (nSPS) is 11.2. The summed E-state index contributed by atoms with van der Waals surface area (Å²) in [5, 5.41) is 4.78. The standard InChI is InChI=1S/C41H27N3/c1-3-13-31(14-4-1)39-42-40(32-15-5-2-6-16-32)44-41(43-39)38-27-26-35(36-19-9-10-20-37(36)38)30-24-22-29(23-25-30)34-21-11-17-28-12-7-8-18-33(28)34/h1-27H. The molecule has 7 aromatic carbocycles. The summed E-state index contributed by atoms with van der Waals surface area (Å²) in [5.74, 6) is 1.98. The van der Waals surface area contributed by atoms with Crippen molar-refractivity contribution < 1.29 is 0 Å². The first-order chi connectivity index (χ1) is 21.8. The van der Waals surface area contributed by atoms with Gasteiger partial charge in [-0.3, -0.25) is 0 Å². The van der Waals surface area contributed by atoms with Crippen LogP contribution < -0.4 is 0 Å². The summed E-state index contributed by atoms with van der Waals surface area (Å²) in [7, 11) is 0. The molecule has 3 heteroatoms. The van der Waals surface area contributed by atoms with Gasteiger partial charge in [-0.2, -0.15) is 0 Å². The number of fused-ring (bicyclic) bond motifs is 2. The molecule has 1 aromatic heterocycles. The van der Waals surface area contributed by atoms with E-state index in [1.165, 1.54) is 33.0 Å². The molecule has 0 radical (unpaired) electrons. The van der Waals surface area contributed by atoms with E-state index < -0.39 is 0 Å². The maximum atomic E-state index is 5.00. The second kappa shape index (κ2) is 11.0. The highest BCUT2D eigenvalue weighted by Crippen LogP contribution is 2.37. The van der Waals surface area contributed by atoms with Crippen LogP contribution in [0.15, 0.2) is 164 Å². The van der Waals surface area contributed by atoms with Crippen molar-refractivity contribution in [3.8, 4) is 56.4 Å². The van der Waals surface area contributed by atoms with Crippen molar-refractivity contribution in [1.29, 1.82) is 0 Å². The predicted octanol–water partition coefficient (Wildman–Crippen LogP) is 10.5. The van der Waals surface area contributed by atoms with Crippen LogP contribution >= 0.6 is 0 Å². The second-order valence-electron chi connectivity index (χ2n) is 10.8. The van der Waals surface area contributed by atoms with Crippen LogP contribution in [0.4, 0.5) is 0 Å². The van der Waals surface area contributed by atoms with Crippen LogP contribution in [0.5, 0.6) is 0 Å². The Hall–Kier alpha value is -5.93. The summed E-state index contributed by atoms with van der Waals surface area (Å²) in [6.45, 7) is 0. The van der Waals surface area contributed by atoms with Crippen molar-refractivity contribution >= 4 is 21.5 Å². The highest BCUT2D eigenvalue weighted by Gasteiger charge is 2.16. The average Bonchev–Trinajstić information content (AvgIpc) is 3.11. The van der Waals surface area contributed by atoms with E-state index >= 15 is 0 Å². The van der Waals surface area contributed by atoms with E-state index in [0.717, 1.165) is 27.5 Å². The fourth-order valence-electron chi connectivity index (χ4n) is 5.98. The fourth-order valence-corrected chi connectivity index (χ4v) is 5.98. The number of hydrogen-bond acceptors (Lipinski definition) is 3. The van der Waals surface area contributed by atoms with E-state index in [1.807, 2.05) is 60.7 Å². The van der Waals surface area contributed by atoms with Crippen molar-refractivity contribution in [3.63, 3.8) is 0 Å². The Morgan fingerprint density at radius 3 is 1.30 bits per heavy atom. The zero-order valence-electron chi connectivity index (χ0n) is 23.9. The molecule has 1 heterocycles. The third kappa shape index (κ3) is 4.71. The topological polar surface area (TPSA) is 38.7 Å². The lowest BCUT2D eigenvalue weighted by Gasteiger charge is -2.14. The third-order valence-corrected chi connectivity index (χ3v) is 8.16. The maximum absolute atomic E-state index is 5.00. The molecule has 0 fully saturated rings. The van der Waals surface area contributed by atoms with Gasteiger partial charge in [0.05, 0.1) is 0 Å². The lowest BCUT2D eigenvalue weighted by atomic mass is 9.92. The van der Waals surface area contributed by atoms with Gasteiger partial charge in [-0.25, -0.2) is 15.0 Å². The number of aromatic nitrogens is 3. The van der Waals surface area contributed by atoms with Gasteiger partial charge in [0.15, 0.2) is 17.5 Å². The zero-order chi connectivity index (χ0) is 29.3. The van der Waals surface area contributed by atoms with Gasteiger partial charge >= 0.3 is 0 Å². The van der Waals surface area contributed by atoms with Gasteiger partial charge in [0.25, 0.3) is 0 Å². The molecular weight excluding hydrogens is 534 g/mol. The lowest BCUT2D eigenvalue weighted by molar-refractivity contribution is 1.08. The second-order valence-corrected chi connectivity index (χ2v) is 10.8. The molecule has 0 spiro atoms. The molecule has 0 unspecified atom stereocenters. The number of rotatable bonds is 5. The first-order valence-electron chi connectivity index (χ1n) is 14.8. The Balaban J connectivity index is 1.25. The molecule has 0 N–H and O–H groups in total. The van der Waals surface area contributed by atoms with E-state index in [1.54, 1.807) is 0 Å². The van der Waals surface area contributed by atoms with E-state index in [9.17, 15) is 0 Å². The number of benzene rings is 7. The smallest absolute Gasteiger partial charge is 0.164 e. The molecule has 0 aliphatic heterocycles. The highest BCUT2D eigenvalue weighted by atomic mass is 15.0. The largest absolute Gasteiger partial charge is 0.208 e. The average molecular weight is 562 g/mol. The molecule has 0 atom stereocenters. The minimum Gasteiger partial charge on any atom is -0.208 e. The van der Waals surface area contributed by atoms with Gasteiger partial charge in [0, 0.05) is 16.7 Å². The Morgan fingerprint density at radius 2 is 0.682 bits per heavy atom. The molecule has 0 amide bonds. The van der Waals surface area contributed by atoms with E-state index in [2.05, 4.69) is 103 Å². The molecule has 0 bridgehead atoms. The lowest BCUT2D eigenvalue weighted by Crippen LogP contribution is -2.00. The number of nitrogens with zero attached hydrogens (tertiary/aromatic N) is 3. The minimum absolute atomic E-state index is 0.659. The quantitative estimate of drug-likeness (QED) is 0.210. The molecule has 0 saturated heterocycles. The predicted molar refractivity (Wildman–Crippen MR) is 182 cm³/mol. The first kappa shape index (κ1) is 25.8. The van der Waals surface area contributed by atoms with E-state index in [0.29, 0.717) is 17.5 Å². The van der Waals surface area contributed by atoms with Crippen LogP contribution in [0.25, 0.3) is 78.0 Å². The molecular formula is C41H27N3. The Labute approximate surface area is 256 Å². The van der Waals surface area contributed by atoms with E-state index in [4.69, 9.17) is 15.0 Å². The first-order valence-corrected chi connectivity index (χ1v) is 14.8. The summed E-state index contributed by atoms with van der Waals surface area (Å²) >= 11 is 0. The van der Waals surface area contributed by atoms with Gasteiger partial charge in [0.2, 0.25) is 0 Å². The molecule has 8 rings (SSSR count). The van der Waals surface area contributed by atoms with Gasteiger partial charge < -0.3 is 0 Å². The summed E-state index contributed by atoms with van der Waals surface area (Å²) in [5.41, 5.74) is 7.69. The molecule has 0 aliphatic carbocycles. The Bertz CT molecular complexity index is 2190. The molecule has 8 aromatic rings. The van der Waals surface area contributed by atoms with Gasteiger partial charge in [0.1, 0.15) is 0 Å². The van der Waals surface area contributed by atoms with Crippen LogP contribution in [-0.2, 0) is 0 Å². The van der Waals surface area contributed by atoms with Gasteiger partial charge in [-0.1, -0.05) is 158 Å². The maximum Gasteiger partial charge on any atom is 0.164 e. The van der Waals surface area contributed by atoms with Crippen LogP contribution in [0.2, 0.25) is 0 Å². The summed E-state index contributed by atoms with van der Waals surface area (Å²) < 4.78 is 0. The van der Waals surface area contributed by atoms with Gasteiger partial charge in [-0.15, -0.1) is 0 Å². The van der Waals surface area contributed by atoms with Crippen molar-refractivity contribution in [2.75, 3.05) is 0 Å². The van der Waals surface area contributed by atoms with E-state index in [-0.39, 0.29) is 0 Å². The monoisotopic (exact) mass is 561 g/mol. The third-order valence-electron chi connectivity index (χ3n) is 8.16. The van der Waals surface area contributed by atoms with Crippen molar-refractivity contribution in [1.82, 2.24) is 15.0 Å². The van der Waals surface area contributed by atoms with Crippen LogP contribution in [0, 0.1) is 0 Å². The molecule has 44 heavy (non-hydrogen) atoms. The number of hydrogen-bond donors (Lipinski definition) is 0. The summed E-state index contributed by atoms with van der Waals surface area (Å²) in [6, 6.07) is 57.0. The molecule has 206 valence electrons. The van der Waals surface area contributed by atoms with Crippen molar-refractivity contribution in [2.24, 2.45) is 0 Å². The Morgan fingerprint density at radius 1 is 0.250 bits per heavy atom. The highest BCUT2D eigenvalue weighted by molar-refractivity contribution is 6.04. The minimum atomic E-state index is 0.659. The van der Waals surface area contributed by atoms with Crippen LogP contribution in [-0.4, -0.2) is 15.0 Å². The molecule has 3 nitrogen and oxygen atoms in total. The van der Waals surface area contributed by atoms with Crippen molar-refractivity contribution in [3.05, 3.63) is 164 Å². The van der Waals surface area contributed by atoms with Crippen molar-refractivity contribution in [2.45, 2.75) is 0 Å². The molecule has 0 aliphatic rings. The summed E-state index contributed by atoms with van der Waals surface area (Å²) in [4.78, 5) is 14.9. The van der Waals surface area contributed by atoms with Crippen LogP contribution in [0.1, 0.15) is 0 Å².